The Kier molecular flexibility index (Phi) is 8.66. The van der Waals surface area contributed by atoms with Gasteiger partial charge in [-0.15, -0.1) is 12.4 Å². The molecule has 0 aliphatic carbocycles. The number of benzene rings is 1. The summed E-state index contributed by atoms with van der Waals surface area (Å²) in [6.07, 6.45) is 2.03. The van der Waals surface area contributed by atoms with Crippen LogP contribution in [0.25, 0.3) is 0 Å². The van der Waals surface area contributed by atoms with Gasteiger partial charge in [0.05, 0.1) is 11.8 Å². The van der Waals surface area contributed by atoms with E-state index in [4.69, 9.17) is 5.73 Å². The van der Waals surface area contributed by atoms with E-state index in [-0.39, 0.29) is 36.5 Å². The van der Waals surface area contributed by atoms with E-state index >= 15 is 0 Å². The summed E-state index contributed by atoms with van der Waals surface area (Å²) in [5.74, 6) is -0.133. The Morgan fingerprint density at radius 1 is 1.27 bits per heavy atom. The first-order chi connectivity index (χ1) is 9.74. The van der Waals surface area contributed by atoms with Gasteiger partial charge < -0.3 is 11.1 Å². The van der Waals surface area contributed by atoms with Gasteiger partial charge in [0.25, 0.3) is 0 Å². The molecule has 0 bridgehead atoms. The van der Waals surface area contributed by atoms with Gasteiger partial charge in [0, 0.05) is 12.8 Å². The summed E-state index contributed by atoms with van der Waals surface area (Å²) in [5.41, 5.74) is 7.37. The highest BCUT2D eigenvalue weighted by molar-refractivity contribution is 7.89. The second-order valence-corrected chi connectivity index (χ2v) is 7.61. The number of hydrogen-bond donors (Lipinski definition) is 2. The van der Waals surface area contributed by atoms with Crippen LogP contribution in [0.2, 0.25) is 0 Å². The topological polar surface area (TPSA) is 89.3 Å². The fourth-order valence-corrected chi connectivity index (χ4v) is 2.81. The predicted molar refractivity (Wildman–Crippen MR) is 91.5 cm³/mol. The van der Waals surface area contributed by atoms with Crippen LogP contribution in [0.15, 0.2) is 24.3 Å². The molecule has 0 aliphatic rings. The number of amides is 1. The number of halogens is 1. The van der Waals surface area contributed by atoms with E-state index < -0.39 is 15.9 Å². The van der Waals surface area contributed by atoms with Crippen LogP contribution in [0.4, 0.5) is 0 Å². The molecule has 1 aromatic rings. The van der Waals surface area contributed by atoms with Crippen LogP contribution in [0.3, 0.4) is 0 Å². The Labute approximate surface area is 139 Å². The van der Waals surface area contributed by atoms with Gasteiger partial charge in [0.15, 0.2) is 9.84 Å². The number of nitrogens with two attached hydrogens (primary N) is 1. The van der Waals surface area contributed by atoms with Gasteiger partial charge in [-0.2, -0.15) is 0 Å². The maximum Gasteiger partial charge on any atom is 0.237 e. The standard InChI is InChI=1S/C15H24N2O3S.ClH/c1-4-11(2)14(16)15(18)17-9-12-7-5-6-8-13(12)10-21(3,19)20;/h5-8,11,14H,4,9-10,16H2,1-3H3,(H,17,18);1H. The summed E-state index contributed by atoms with van der Waals surface area (Å²) in [6, 6.07) is 6.64. The van der Waals surface area contributed by atoms with Gasteiger partial charge in [-0.1, -0.05) is 44.5 Å². The molecule has 1 rings (SSSR count). The summed E-state index contributed by atoms with van der Waals surface area (Å²) in [5, 5.41) is 2.78. The number of sulfone groups is 1. The third-order valence-electron chi connectivity index (χ3n) is 3.55. The summed E-state index contributed by atoms with van der Waals surface area (Å²) >= 11 is 0. The summed E-state index contributed by atoms with van der Waals surface area (Å²) in [4.78, 5) is 12.0. The van der Waals surface area contributed by atoms with Crippen molar-refractivity contribution in [2.45, 2.75) is 38.6 Å². The van der Waals surface area contributed by atoms with E-state index in [9.17, 15) is 13.2 Å². The maximum atomic E-state index is 12.0. The fourth-order valence-electron chi connectivity index (χ4n) is 1.97. The van der Waals surface area contributed by atoms with E-state index in [2.05, 4.69) is 5.32 Å². The number of hydrogen-bond acceptors (Lipinski definition) is 4. The van der Waals surface area contributed by atoms with Gasteiger partial charge >= 0.3 is 0 Å². The lowest BCUT2D eigenvalue weighted by molar-refractivity contribution is -0.123. The van der Waals surface area contributed by atoms with Crippen LogP contribution in [-0.2, 0) is 26.9 Å². The normalized spacial score (nSPS) is 13.8. The Balaban J connectivity index is 0.00000441. The highest BCUT2D eigenvalue weighted by Gasteiger charge is 2.19. The molecule has 1 aromatic carbocycles. The molecule has 0 saturated carbocycles. The highest BCUT2D eigenvalue weighted by atomic mass is 35.5. The average Bonchev–Trinajstić information content (AvgIpc) is 2.42. The molecule has 0 aromatic heterocycles. The lowest BCUT2D eigenvalue weighted by atomic mass is 9.99. The van der Waals surface area contributed by atoms with E-state index in [0.29, 0.717) is 5.56 Å². The van der Waals surface area contributed by atoms with Crippen LogP contribution in [0, 0.1) is 5.92 Å². The van der Waals surface area contributed by atoms with Crippen LogP contribution in [-0.4, -0.2) is 26.6 Å². The average molecular weight is 349 g/mol. The Hall–Kier alpha value is -1.11. The third kappa shape index (κ3) is 6.77. The summed E-state index contributed by atoms with van der Waals surface area (Å²) in [6.45, 7) is 4.20. The fraction of sp³-hybridized carbons (Fsp3) is 0.533. The monoisotopic (exact) mass is 348 g/mol. The minimum absolute atomic E-state index is 0. The Morgan fingerprint density at radius 3 is 2.32 bits per heavy atom. The van der Waals surface area contributed by atoms with Gasteiger partial charge in [0.1, 0.15) is 0 Å². The van der Waals surface area contributed by atoms with Gasteiger partial charge in [-0.05, 0) is 17.0 Å². The van der Waals surface area contributed by atoms with Crippen molar-refractivity contribution in [3.8, 4) is 0 Å². The van der Waals surface area contributed by atoms with Crippen molar-refractivity contribution >= 4 is 28.2 Å². The second-order valence-electron chi connectivity index (χ2n) is 5.47. The van der Waals surface area contributed by atoms with Crippen molar-refractivity contribution in [2.24, 2.45) is 11.7 Å². The Bertz CT molecular complexity index is 590. The van der Waals surface area contributed by atoms with Crippen molar-refractivity contribution in [1.82, 2.24) is 5.32 Å². The van der Waals surface area contributed by atoms with Crippen LogP contribution < -0.4 is 11.1 Å². The molecule has 0 aliphatic heterocycles. The van der Waals surface area contributed by atoms with Crippen LogP contribution >= 0.6 is 12.4 Å². The largest absolute Gasteiger partial charge is 0.351 e. The number of carbonyl (C=O) groups is 1. The first kappa shape index (κ1) is 20.9. The zero-order valence-corrected chi connectivity index (χ0v) is 14.8. The molecule has 22 heavy (non-hydrogen) atoms. The van der Waals surface area contributed by atoms with Crippen LogP contribution in [0.1, 0.15) is 31.4 Å². The zero-order valence-electron chi connectivity index (χ0n) is 13.2. The summed E-state index contributed by atoms with van der Waals surface area (Å²) in [7, 11) is -3.11. The minimum atomic E-state index is -3.11. The number of carbonyl (C=O) groups excluding carboxylic acids is 1. The molecular formula is C15H25ClN2O3S. The molecule has 0 heterocycles. The molecule has 0 spiro atoms. The van der Waals surface area contributed by atoms with E-state index in [1.54, 1.807) is 12.1 Å². The maximum absolute atomic E-state index is 12.0. The van der Waals surface area contributed by atoms with E-state index in [1.807, 2.05) is 26.0 Å². The summed E-state index contributed by atoms with van der Waals surface area (Å²) < 4.78 is 22.8. The van der Waals surface area contributed by atoms with Crippen molar-refractivity contribution < 1.29 is 13.2 Å². The third-order valence-corrected chi connectivity index (χ3v) is 4.38. The molecule has 3 N–H and O–H groups in total. The molecule has 1 amide bonds. The first-order valence-corrected chi connectivity index (χ1v) is 9.08. The molecular weight excluding hydrogens is 324 g/mol. The highest BCUT2D eigenvalue weighted by Crippen LogP contribution is 2.12. The van der Waals surface area contributed by atoms with Crippen molar-refractivity contribution in [1.29, 1.82) is 0 Å². The quantitative estimate of drug-likeness (QED) is 0.784. The zero-order chi connectivity index (χ0) is 16.0. The smallest absolute Gasteiger partial charge is 0.237 e. The van der Waals surface area contributed by atoms with Gasteiger partial charge in [-0.3, -0.25) is 4.79 Å². The lowest BCUT2D eigenvalue weighted by Crippen LogP contribution is -2.44. The number of rotatable bonds is 7. The van der Waals surface area contributed by atoms with Gasteiger partial charge in [-0.25, -0.2) is 8.42 Å². The second kappa shape index (κ2) is 9.12. The van der Waals surface area contributed by atoms with Crippen molar-refractivity contribution in [3.63, 3.8) is 0 Å². The lowest BCUT2D eigenvalue weighted by Gasteiger charge is -2.18. The molecule has 126 valence electrons. The van der Waals surface area contributed by atoms with Crippen molar-refractivity contribution in [2.75, 3.05) is 6.26 Å². The van der Waals surface area contributed by atoms with Crippen LogP contribution in [0.5, 0.6) is 0 Å². The molecule has 2 atom stereocenters. The SMILES string of the molecule is CCC(C)C(N)C(=O)NCc1ccccc1CS(C)(=O)=O.Cl. The molecule has 0 fully saturated rings. The van der Waals surface area contributed by atoms with Crippen molar-refractivity contribution in [3.05, 3.63) is 35.4 Å². The van der Waals surface area contributed by atoms with E-state index in [1.165, 1.54) is 6.26 Å². The predicted octanol–water partition coefficient (Wildman–Crippen LogP) is 1.64. The number of nitrogens with one attached hydrogen (secondary N) is 1. The molecule has 0 radical (unpaired) electrons. The first-order valence-electron chi connectivity index (χ1n) is 7.02. The van der Waals surface area contributed by atoms with Gasteiger partial charge in [0.2, 0.25) is 5.91 Å². The molecule has 0 saturated heterocycles. The molecule has 5 nitrogen and oxygen atoms in total. The molecule has 2 unspecified atom stereocenters. The Morgan fingerprint density at radius 2 is 1.82 bits per heavy atom. The van der Waals surface area contributed by atoms with E-state index in [0.717, 1.165) is 12.0 Å². The minimum Gasteiger partial charge on any atom is -0.351 e. The molecule has 7 heteroatoms.